The maximum absolute atomic E-state index is 5.57. The number of fused-ring (bicyclic) bond motifs is 1. The molecule has 3 aromatic heterocycles. The highest BCUT2D eigenvalue weighted by Gasteiger charge is 2.10. The van der Waals surface area contributed by atoms with E-state index in [0.717, 1.165) is 33.2 Å². The highest BCUT2D eigenvalue weighted by atomic mass is 79.9. The molecule has 0 fully saturated rings. The lowest BCUT2D eigenvalue weighted by atomic mass is 10.3. The van der Waals surface area contributed by atoms with Gasteiger partial charge in [0.1, 0.15) is 4.60 Å². The second kappa shape index (κ2) is 5.28. The first-order valence-corrected chi connectivity index (χ1v) is 7.50. The van der Waals surface area contributed by atoms with Crippen LogP contribution in [0.25, 0.3) is 5.65 Å². The van der Waals surface area contributed by atoms with E-state index in [1.54, 1.807) is 15.9 Å². The summed E-state index contributed by atoms with van der Waals surface area (Å²) in [5, 5.41) is 10.9. The van der Waals surface area contributed by atoms with E-state index in [1.807, 2.05) is 29.6 Å². The van der Waals surface area contributed by atoms with Crippen LogP contribution >= 0.6 is 27.3 Å². The minimum Gasteiger partial charge on any atom is -0.331 e. The number of nitrogens with two attached hydrogens (primary N) is 1. The van der Waals surface area contributed by atoms with E-state index in [2.05, 4.69) is 31.3 Å². The van der Waals surface area contributed by atoms with Crippen LogP contribution in [0, 0.1) is 0 Å². The van der Waals surface area contributed by atoms with E-state index in [1.165, 1.54) is 0 Å². The van der Waals surface area contributed by atoms with Crippen molar-refractivity contribution in [1.29, 1.82) is 0 Å². The summed E-state index contributed by atoms with van der Waals surface area (Å²) in [4.78, 5) is 4.49. The largest absolute Gasteiger partial charge is 0.331 e. The number of thiophene rings is 1. The highest BCUT2D eigenvalue weighted by molar-refractivity contribution is 9.10. The number of hydrogen-bond donors (Lipinski definition) is 2. The van der Waals surface area contributed by atoms with Gasteiger partial charge in [0.2, 0.25) is 0 Å². The molecule has 0 aliphatic heterocycles. The van der Waals surface area contributed by atoms with Gasteiger partial charge in [-0.1, -0.05) is 0 Å². The number of anilines is 2. The van der Waals surface area contributed by atoms with E-state index < -0.39 is 0 Å². The molecule has 0 bridgehead atoms. The standard InChI is InChI=1S/C12H12BrN5S/c13-12-8(5-6-14)15-10-4-3-9(17-18(10)12)16-11-2-1-7-19-11/h1-4,7H,5-6,14H2,(H,16,17). The van der Waals surface area contributed by atoms with E-state index in [4.69, 9.17) is 5.73 Å². The van der Waals surface area contributed by atoms with Gasteiger partial charge in [0, 0.05) is 6.42 Å². The first-order chi connectivity index (χ1) is 9.28. The number of imidazole rings is 1. The lowest BCUT2D eigenvalue weighted by molar-refractivity contribution is 0.895. The zero-order valence-electron chi connectivity index (χ0n) is 10.0. The number of rotatable bonds is 4. The zero-order valence-corrected chi connectivity index (χ0v) is 12.4. The molecule has 0 unspecified atom stereocenters. The third-order valence-electron chi connectivity index (χ3n) is 2.64. The Morgan fingerprint density at radius 3 is 3.00 bits per heavy atom. The summed E-state index contributed by atoms with van der Waals surface area (Å²) in [5.41, 5.74) is 7.32. The number of halogens is 1. The molecule has 0 spiro atoms. The Hall–Kier alpha value is -1.44. The normalized spacial score (nSPS) is 11.1. The molecule has 3 heterocycles. The van der Waals surface area contributed by atoms with Crippen molar-refractivity contribution < 1.29 is 0 Å². The summed E-state index contributed by atoms with van der Waals surface area (Å²) in [7, 11) is 0. The second-order valence-corrected chi connectivity index (χ2v) is 5.68. The molecule has 0 aliphatic carbocycles. The molecular weight excluding hydrogens is 326 g/mol. The first kappa shape index (κ1) is 12.6. The minimum absolute atomic E-state index is 0.572. The third-order valence-corrected chi connectivity index (χ3v) is 4.22. The quantitative estimate of drug-likeness (QED) is 0.768. The molecule has 5 nitrogen and oxygen atoms in total. The van der Waals surface area contributed by atoms with Crippen LogP contribution in [0.2, 0.25) is 0 Å². The summed E-state index contributed by atoms with van der Waals surface area (Å²) in [5.74, 6) is 0.785. The molecule has 0 amide bonds. The SMILES string of the molecule is NCCc1nc2ccc(Nc3cccs3)nn2c1Br. The molecule has 3 rings (SSSR count). The molecule has 0 atom stereocenters. The molecule has 0 saturated heterocycles. The zero-order chi connectivity index (χ0) is 13.2. The summed E-state index contributed by atoms with van der Waals surface area (Å²) >= 11 is 5.16. The van der Waals surface area contributed by atoms with Gasteiger partial charge in [-0.25, -0.2) is 9.50 Å². The van der Waals surface area contributed by atoms with Crippen molar-refractivity contribution in [2.75, 3.05) is 11.9 Å². The molecule has 7 heteroatoms. The summed E-state index contributed by atoms with van der Waals surface area (Å²) in [6, 6.07) is 7.87. The fraction of sp³-hybridized carbons (Fsp3) is 0.167. The Balaban J connectivity index is 1.98. The van der Waals surface area contributed by atoms with Gasteiger partial charge in [-0.3, -0.25) is 0 Å². The van der Waals surface area contributed by atoms with Crippen molar-refractivity contribution in [2.24, 2.45) is 5.73 Å². The number of aromatic nitrogens is 3. The smallest absolute Gasteiger partial charge is 0.155 e. The summed E-state index contributed by atoms with van der Waals surface area (Å²) < 4.78 is 2.64. The van der Waals surface area contributed by atoms with Gasteiger partial charge in [0.25, 0.3) is 0 Å². The van der Waals surface area contributed by atoms with Crippen molar-refractivity contribution in [3.05, 3.63) is 39.9 Å². The van der Waals surface area contributed by atoms with Crippen LogP contribution in [0.15, 0.2) is 34.2 Å². The molecule has 0 radical (unpaired) electrons. The third kappa shape index (κ3) is 2.49. The van der Waals surface area contributed by atoms with E-state index in [-0.39, 0.29) is 0 Å². The predicted octanol–water partition coefficient (Wildman–Crippen LogP) is 2.80. The predicted molar refractivity (Wildman–Crippen MR) is 81.0 cm³/mol. The summed E-state index contributed by atoms with van der Waals surface area (Å²) in [6.07, 6.45) is 0.734. The molecule has 0 aromatic carbocycles. The van der Waals surface area contributed by atoms with Crippen molar-refractivity contribution >= 4 is 43.7 Å². The van der Waals surface area contributed by atoms with Crippen LogP contribution in [-0.4, -0.2) is 21.1 Å². The second-order valence-electron chi connectivity index (χ2n) is 3.98. The van der Waals surface area contributed by atoms with E-state index >= 15 is 0 Å². The minimum atomic E-state index is 0.572. The van der Waals surface area contributed by atoms with E-state index in [0.29, 0.717) is 6.54 Å². The van der Waals surface area contributed by atoms with E-state index in [9.17, 15) is 0 Å². The van der Waals surface area contributed by atoms with Crippen LogP contribution in [0.5, 0.6) is 0 Å². The molecule has 19 heavy (non-hydrogen) atoms. The van der Waals surface area contributed by atoms with Crippen molar-refractivity contribution in [3.8, 4) is 0 Å². The van der Waals surface area contributed by atoms with Gasteiger partial charge in [0.15, 0.2) is 11.5 Å². The summed E-state index contributed by atoms with van der Waals surface area (Å²) in [6.45, 7) is 0.572. The van der Waals surface area contributed by atoms with Crippen LogP contribution in [0.1, 0.15) is 5.69 Å². The Morgan fingerprint density at radius 1 is 1.37 bits per heavy atom. The molecular formula is C12H12BrN5S. The maximum atomic E-state index is 5.57. The van der Waals surface area contributed by atoms with Gasteiger partial charge >= 0.3 is 0 Å². The Kier molecular flexibility index (Phi) is 3.50. The first-order valence-electron chi connectivity index (χ1n) is 5.82. The van der Waals surface area contributed by atoms with Gasteiger partial charge in [-0.15, -0.1) is 16.4 Å². The molecule has 3 N–H and O–H groups in total. The fourth-order valence-electron chi connectivity index (χ4n) is 1.79. The van der Waals surface area contributed by atoms with Crippen LogP contribution < -0.4 is 11.1 Å². The fourth-order valence-corrected chi connectivity index (χ4v) is 2.96. The Morgan fingerprint density at radius 2 is 2.26 bits per heavy atom. The van der Waals surface area contributed by atoms with Crippen molar-refractivity contribution in [1.82, 2.24) is 14.6 Å². The van der Waals surface area contributed by atoms with Gasteiger partial charge in [-0.05, 0) is 52.1 Å². The topological polar surface area (TPSA) is 68.2 Å². The average Bonchev–Trinajstić information content (AvgIpc) is 3.01. The molecule has 0 aliphatic rings. The lowest BCUT2D eigenvalue weighted by Gasteiger charge is -2.03. The van der Waals surface area contributed by atoms with Crippen LogP contribution in [-0.2, 0) is 6.42 Å². The monoisotopic (exact) mass is 337 g/mol. The lowest BCUT2D eigenvalue weighted by Crippen LogP contribution is -2.03. The molecule has 0 saturated carbocycles. The Labute approximate surface area is 122 Å². The number of hydrogen-bond acceptors (Lipinski definition) is 5. The number of nitrogens with zero attached hydrogens (tertiary/aromatic N) is 3. The van der Waals surface area contributed by atoms with Gasteiger partial charge in [-0.2, -0.15) is 0 Å². The Bertz CT molecular complexity index is 692. The average molecular weight is 338 g/mol. The number of nitrogens with one attached hydrogen (secondary N) is 1. The van der Waals surface area contributed by atoms with Crippen LogP contribution in [0.3, 0.4) is 0 Å². The van der Waals surface area contributed by atoms with Gasteiger partial charge < -0.3 is 11.1 Å². The van der Waals surface area contributed by atoms with Crippen molar-refractivity contribution in [3.63, 3.8) is 0 Å². The highest BCUT2D eigenvalue weighted by Crippen LogP contribution is 2.23. The molecule has 98 valence electrons. The van der Waals surface area contributed by atoms with Crippen LogP contribution in [0.4, 0.5) is 10.8 Å². The van der Waals surface area contributed by atoms with Gasteiger partial charge in [0.05, 0.1) is 10.7 Å². The van der Waals surface area contributed by atoms with Crippen molar-refractivity contribution in [2.45, 2.75) is 6.42 Å². The maximum Gasteiger partial charge on any atom is 0.155 e. The molecule has 3 aromatic rings.